The number of hydrogen-bond donors (Lipinski definition) is 3. The van der Waals surface area contributed by atoms with Crippen molar-refractivity contribution < 1.29 is 24.3 Å². The average Bonchev–Trinajstić information content (AvgIpc) is 3.52. The Morgan fingerprint density at radius 2 is 1.86 bits per heavy atom. The Labute approximate surface area is 250 Å². The van der Waals surface area contributed by atoms with Crippen LogP contribution in [0.1, 0.15) is 40.0 Å². The molecule has 0 radical (unpaired) electrons. The minimum atomic E-state index is -0.144. The molecule has 1 saturated heterocycles. The van der Waals surface area contributed by atoms with Gasteiger partial charge in [0.25, 0.3) is 5.91 Å². The molecule has 42 heavy (non-hydrogen) atoms. The van der Waals surface area contributed by atoms with Crippen molar-refractivity contribution >= 4 is 17.5 Å². The molecule has 0 bridgehead atoms. The number of nitrogens with zero attached hydrogens (tertiary/aromatic N) is 2. The van der Waals surface area contributed by atoms with Gasteiger partial charge in [0.05, 0.1) is 11.6 Å². The summed E-state index contributed by atoms with van der Waals surface area (Å²) >= 11 is 6.48. The molecule has 2 heterocycles. The zero-order chi connectivity index (χ0) is 29.5. The normalized spacial score (nSPS) is 13.9. The molecule has 8 nitrogen and oxygen atoms in total. The number of rotatable bonds is 11. The molecule has 0 atom stereocenters. The van der Waals surface area contributed by atoms with Crippen molar-refractivity contribution in [3.8, 4) is 28.2 Å². The van der Waals surface area contributed by atoms with Crippen LogP contribution in [0.5, 0.6) is 5.75 Å². The molecule has 9 heteroatoms. The predicted octanol–water partition coefficient (Wildman–Crippen LogP) is 5.48. The van der Waals surface area contributed by atoms with Crippen LogP contribution in [0.25, 0.3) is 22.5 Å². The van der Waals surface area contributed by atoms with Gasteiger partial charge in [0, 0.05) is 44.4 Å². The molecule has 1 aliphatic rings. The van der Waals surface area contributed by atoms with E-state index < -0.39 is 0 Å². The maximum absolute atomic E-state index is 13.0. The smallest absolute Gasteiger partial charge is 0.276 e. The van der Waals surface area contributed by atoms with Crippen molar-refractivity contribution in [3.05, 3.63) is 94.1 Å². The molecule has 0 aliphatic carbocycles. The number of piperidine rings is 1. The molecule has 1 aromatic heterocycles. The van der Waals surface area contributed by atoms with Gasteiger partial charge in [0.15, 0.2) is 11.5 Å². The van der Waals surface area contributed by atoms with Gasteiger partial charge < -0.3 is 29.7 Å². The molecular weight excluding hydrogens is 554 g/mol. The molecule has 3 N–H and O–H groups in total. The second kappa shape index (κ2) is 14.0. The van der Waals surface area contributed by atoms with Gasteiger partial charge in [-0.15, -0.1) is 0 Å². The van der Waals surface area contributed by atoms with E-state index in [1.165, 1.54) is 0 Å². The second-order valence-corrected chi connectivity index (χ2v) is 11.0. The van der Waals surface area contributed by atoms with Crippen molar-refractivity contribution in [1.29, 1.82) is 0 Å². The molecule has 0 unspecified atom stereocenters. The molecule has 3 aromatic carbocycles. The van der Waals surface area contributed by atoms with E-state index >= 15 is 0 Å². The van der Waals surface area contributed by atoms with Crippen LogP contribution in [0.3, 0.4) is 0 Å². The molecular formula is C33H36ClN3O5. The highest BCUT2D eigenvalue weighted by Crippen LogP contribution is 2.32. The first-order valence-corrected chi connectivity index (χ1v) is 14.6. The summed E-state index contributed by atoms with van der Waals surface area (Å²) in [4.78, 5) is 14.8. The van der Waals surface area contributed by atoms with Crippen molar-refractivity contribution in [3.63, 3.8) is 0 Å². The molecule has 1 amide bonds. The van der Waals surface area contributed by atoms with Crippen LogP contribution in [-0.4, -0.2) is 59.0 Å². The Kier molecular flexibility index (Phi) is 9.92. The van der Waals surface area contributed by atoms with Gasteiger partial charge in [-0.2, -0.15) is 0 Å². The number of likely N-dealkylation sites (tertiary alicyclic amines) is 1. The standard InChI is InChI=1S/C33H36ClN3O5/c1-22-27(21-41-31-9-8-24(16-29(31)34)19-35-12-15-38)6-3-7-28(22)25-4-2-5-26(17-25)32-18-30(36-42-32)33(40)37-13-10-23(20-39)11-14-37/h2-9,16-18,23,35,38-39H,10-15,19-21H2,1H3. The lowest BCUT2D eigenvalue weighted by atomic mass is 9.95. The fraction of sp³-hybridized carbons (Fsp3) is 0.333. The van der Waals surface area contributed by atoms with Crippen molar-refractivity contribution in [1.82, 2.24) is 15.4 Å². The fourth-order valence-corrected chi connectivity index (χ4v) is 5.48. The summed E-state index contributed by atoms with van der Waals surface area (Å²) in [5.74, 6) is 1.26. The van der Waals surface area contributed by atoms with E-state index in [1.54, 1.807) is 11.0 Å². The Balaban J connectivity index is 1.27. The molecule has 1 aliphatic heterocycles. The third kappa shape index (κ3) is 7.02. The zero-order valence-electron chi connectivity index (χ0n) is 23.7. The average molecular weight is 590 g/mol. The first kappa shape index (κ1) is 29.8. The van der Waals surface area contributed by atoms with Crippen molar-refractivity contribution in [2.24, 2.45) is 5.92 Å². The van der Waals surface area contributed by atoms with Crippen LogP contribution >= 0.6 is 11.6 Å². The second-order valence-electron chi connectivity index (χ2n) is 10.6. The monoisotopic (exact) mass is 589 g/mol. The summed E-state index contributed by atoms with van der Waals surface area (Å²) in [6, 6.07) is 21.5. The first-order chi connectivity index (χ1) is 20.5. The number of carbonyl (C=O) groups is 1. The lowest BCUT2D eigenvalue weighted by molar-refractivity contribution is 0.0641. The number of halogens is 1. The summed E-state index contributed by atoms with van der Waals surface area (Å²) in [6.07, 6.45) is 1.59. The van der Waals surface area contributed by atoms with Gasteiger partial charge in [0.1, 0.15) is 12.4 Å². The third-order valence-corrected chi connectivity index (χ3v) is 8.09. The third-order valence-electron chi connectivity index (χ3n) is 7.79. The van der Waals surface area contributed by atoms with E-state index in [1.807, 2.05) is 54.6 Å². The highest BCUT2D eigenvalue weighted by Gasteiger charge is 2.25. The van der Waals surface area contributed by atoms with Gasteiger partial charge >= 0.3 is 0 Å². The summed E-state index contributed by atoms with van der Waals surface area (Å²) in [6.45, 7) is 5.06. The number of hydrogen-bond acceptors (Lipinski definition) is 7. The number of aliphatic hydroxyl groups excluding tert-OH is 2. The highest BCUT2D eigenvalue weighted by molar-refractivity contribution is 6.32. The zero-order valence-corrected chi connectivity index (χ0v) is 24.4. The van der Waals surface area contributed by atoms with Gasteiger partial charge in [-0.1, -0.05) is 59.2 Å². The summed E-state index contributed by atoms with van der Waals surface area (Å²) < 4.78 is 11.7. The lowest BCUT2D eigenvalue weighted by Crippen LogP contribution is -2.39. The van der Waals surface area contributed by atoms with Crippen LogP contribution in [0.2, 0.25) is 5.02 Å². The van der Waals surface area contributed by atoms with Crippen LogP contribution in [0.15, 0.2) is 71.3 Å². The first-order valence-electron chi connectivity index (χ1n) is 14.3. The molecule has 0 saturated carbocycles. The van der Waals surface area contributed by atoms with E-state index in [4.69, 9.17) is 26.0 Å². The minimum Gasteiger partial charge on any atom is -0.487 e. The van der Waals surface area contributed by atoms with Gasteiger partial charge in [0.2, 0.25) is 0 Å². The minimum absolute atomic E-state index is 0.0894. The number of aliphatic hydroxyl groups is 2. The highest BCUT2D eigenvalue weighted by atomic mass is 35.5. The van der Waals surface area contributed by atoms with E-state index in [0.29, 0.717) is 55.0 Å². The molecule has 1 fully saturated rings. The van der Waals surface area contributed by atoms with E-state index in [0.717, 1.165) is 46.2 Å². The number of nitrogens with one attached hydrogen (secondary N) is 1. The number of amides is 1. The van der Waals surface area contributed by atoms with Gasteiger partial charge in [-0.05, 0) is 71.7 Å². The van der Waals surface area contributed by atoms with E-state index in [9.17, 15) is 9.90 Å². The summed E-state index contributed by atoms with van der Waals surface area (Å²) in [7, 11) is 0. The van der Waals surface area contributed by atoms with E-state index in [2.05, 4.69) is 23.5 Å². The van der Waals surface area contributed by atoms with Crippen LogP contribution in [0, 0.1) is 12.8 Å². The van der Waals surface area contributed by atoms with Gasteiger partial charge in [-0.3, -0.25) is 4.79 Å². The Morgan fingerprint density at radius 3 is 2.62 bits per heavy atom. The van der Waals surface area contributed by atoms with Crippen LogP contribution in [0.4, 0.5) is 0 Å². The number of benzene rings is 3. The molecule has 220 valence electrons. The number of aromatic nitrogens is 1. The largest absolute Gasteiger partial charge is 0.487 e. The topological polar surface area (TPSA) is 108 Å². The number of ether oxygens (including phenoxy) is 1. The Morgan fingerprint density at radius 1 is 1.07 bits per heavy atom. The van der Waals surface area contributed by atoms with E-state index in [-0.39, 0.29) is 25.0 Å². The molecule has 0 spiro atoms. The summed E-state index contributed by atoms with van der Waals surface area (Å²) in [5.41, 5.74) is 6.36. The maximum Gasteiger partial charge on any atom is 0.276 e. The molecule has 5 rings (SSSR count). The van der Waals surface area contributed by atoms with Crippen molar-refractivity contribution in [2.75, 3.05) is 32.8 Å². The van der Waals surface area contributed by atoms with Crippen LogP contribution < -0.4 is 10.1 Å². The predicted molar refractivity (Wildman–Crippen MR) is 162 cm³/mol. The van der Waals surface area contributed by atoms with Crippen molar-refractivity contribution in [2.45, 2.75) is 32.9 Å². The van der Waals surface area contributed by atoms with Gasteiger partial charge in [-0.25, -0.2) is 0 Å². The maximum atomic E-state index is 13.0. The lowest BCUT2D eigenvalue weighted by Gasteiger charge is -2.30. The Hall–Kier alpha value is -3.69. The SMILES string of the molecule is Cc1c(COc2ccc(CNCCO)cc2Cl)cccc1-c1cccc(-c2cc(C(=O)N3CCC(CO)CC3)no2)c1. The van der Waals surface area contributed by atoms with Crippen LogP contribution in [-0.2, 0) is 13.2 Å². The Bertz CT molecular complexity index is 1510. The molecule has 4 aromatic rings. The fourth-order valence-electron chi connectivity index (χ4n) is 5.22. The quantitative estimate of drug-likeness (QED) is 0.199. The number of carbonyl (C=O) groups excluding carboxylic acids is 1. The summed E-state index contributed by atoms with van der Waals surface area (Å²) in [5, 5.41) is 26.1.